The molecule has 4 nitrogen and oxygen atoms in total. The lowest BCUT2D eigenvalue weighted by atomic mass is 10.3. The normalized spacial score (nSPS) is 9.82. The van der Waals surface area contributed by atoms with Crippen LogP contribution in [0.15, 0.2) is 24.3 Å². The molecule has 0 fully saturated rings. The highest BCUT2D eigenvalue weighted by Crippen LogP contribution is 2.19. The molecule has 0 atom stereocenters. The van der Waals surface area contributed by atoms with Crippen LogP contribution in [0, 0.1) is 0 Å². The van der Waals surface area contributed by atoms with Gasteiger partial charge in [0, 0.05) is 32.5 Å². The Kier molecular flexibility index (Phi) is 5.72. The highest BCUT2D eigenvalue weighted by atomic mass is 32.1. The van der Waals surface area contributed by atoms with Crippen molar-refractivity contribution in [3.05, 3.63) is 24.3 Å². The summed E-state index contributed by atoms with van der Waals surface area (Å²) in [5.41, 5.74) is 0.985. The van der Waals surface area contributed by atoms with E-state index in [0.717, 1.165) is 11.4 Å². The fraction of sp³-hybridized carbons (Fsp3) is 0.417. The Bertz CT molecular complexity index is 371. The van der Waals surface area contributed by atoms with E-state index in [2.05, 4.69) is 5.32 Å². The van der Waals surface area contributed by atoms with Crippen molar-refractivity contribution in [3.63, 3.8) is 0 Å². The van der Waals surface area contributed by atoms with Gasteiger partial charge < -0.3 is 19.7 Å². The van der Waals surface area contributed by atoms with Crippen molar-refractivity contribution in [1.29, 1.82) is 0 Å². The van der Waals surface area contributed by atoms with E-state index in [-0.39, 0.29) is 0 Å². The lowest BCUT2D eigenvalue weighted by molar-refractivity contribution is 0.204. The standard InChI is InChI=1S/C12H18N2O2S/c1-14(12(17)13-7-8-15-2)10-5-4-6-11(9-10)16-3/h4-6,9H,7-8H2,1-3H3,(H,13,17). The molecule has 17 heavy (non-hydrogen) atoms. The predicted octanol–water partition coefficient (Wildman–Crippen LogP) is 1.65. The molecule has 0 unspecified atom stereocenters. The first kappa shape index (κ1) is 13.7. The van der Waals surface area contributed by atoms with Crippen molar-refractivity contribution in [2.75, 3.05) is 39.3 Å². The van der Waals surface area contributed by atoms with E-state index in [9.17, 15) is 0 Å². The molecule has 0 amide bonds. The van der Waals surface area contributed by atoms with Gasteiger partial charge in [0.2, 0.25) is 0 Å². The van der Waals surface area contributed by atoms with E-state index in [0.29, 0.717) is 18.3 Å². The van der Waals surface area contributed by atoms with Gasteiger partial charge in [0.05, 0.1) is 13.7 Å². The minimum Gasteiger partial charge on any atom is -0.497 e. The number of anilines is 1. The van der Waals surface area contributed by atoms with Crippen molar-refractivity contribution in [2.24, 2.45) is 0 Å². The van der Waals surface area contributed by atoms with Gasteiger partial charge in [-0.25, -0.2) is 0 Å². The predicted molar refractivity (Wildman–Crippen MR) is 73.9 cm³/mol. The highest BCUT2D eigenvalue weighted by molar-refractivity contribution is 7.80. The van der Waals surface area contributed by atoms with Crippen molar-refractivity contribution in [2.45, 2.75) is 0 Å². The van der Waals surface area contributed by atoms with Crippen LogP contribution >= 0.6 is 12.2 Å². The fourth-order valence-electron chi connectivity index (χ4n) is 1.31. The third kappa shape index (κ3) is 4.20. The summed E-state index contributed by atoms with van der Waals surface area (Å²) < 4.78 is 10.1. The topological polar surface area (TPSA) is 33.7 Å². The number of nitrogens with one attached hydrogen (secondary N) is 1. The SMILES string of the molecule is COCCNC(=S)N(C)c1cccc(OC)c1. The Morgan fingerprint density at radius 2 is 2.18 bits per heavy atom. The number of rotatable bonds is 5. The fourth-order valence-corrected chi connectivity index (χ4v) is 1.52. The molecule has 5 heteroatoms. The van der Waals surface area contributed by atoms with Crippen LogP contribution in [0.5, 0.6) is 5.75 Å². The number of nitrogens with zero attached hydrogens (tertiary/aromatic N) is 1. The third-order valence-corrected chi connectivity index (χ3v) is 2.75. The first-order valence-corrected chi connectivity index (χ1v) is 5.74. The van der Waals surface area contributed by atoms with E-state index in [1.165, 1.54) is 0 Å². The molecule has 1 aromatic carbocycles. The molecular formula is C12H18N2O2S. The number of hydrogen-bond donors (Lipinski definition) is 1. The molecule has 0 aliphatic rings. The zero-order valence-electron chi connectivity index (χ0n) is 10.4. The zero-order chi connectivity index (χ0) is 12.7. The minimum atomic E-state index is 0.631. The molecule has 0 bridgehead atoms. The molecule has 1 aromatic rings. The van der Waals surface area contributed by atoms with Gasteiger partial charge in [-0.05, 0) is 24.4 Å². The molecule has 0 aliphatic heterocycles. The van der Waals surface area contributed by atoms with Crippen LogP contribution in [-0.4, -0.2) is 39.5 Å². The molecule has 1 N–H and O–H groups in total. The van der Waals surface area contributed by atoms with Gasteiger partial charge >= 0.3 is 0 Å². The monoisotopic (exact) mass is 254 g/mol. The van der Waals surface area contributed by atoms with Gasteiger partial charge in [0.25, 0.3) is 0 Å². The van der Waals surface area contributed by atoms with Crippen molar-refractivity contribution in [1.82, 2.24) is 5.32 Å². The van der Waals surface area contributed by atoms with Crippen LogP contribution in [0.3, 0.4) is 0 Å². The Balaban J connectivity index is 2.61. The number of methoxy groups -OCH3 is 2. The summed E-state index contributed by atoms with van der Waals surface area (Å²) >= 11 is 5.27. The second kappa shape index (κ2) is 7.09. The third-order valence-electron chi connectivity index (χ3n) is 2.33. The highest BCUT2D eigenvalue weighted by Gasteiger charge is 2.06. The number of hydrogen-bond acceptors (Lipinski definition) is 3. The van der Waals surface area contributed by atoms with Crippen LogP contribution in [0.2, 0.25) is 0 Å². The van der Waals surface area contributed by atoms with Gasteiger partial charge in [0.15, 0.2) is 5.11 Å². The summed E-state index contributed by atoms with van der Waals surface area (Å²) in [5.74, 6) is 0.814. The average Bonchev–Trinajstić information content (AvgIpc) is 2.38. The first-order valence-electron chi connectivity index (χ1n) is 5.33. The van der Waals surface area contributed by atoms with Crippen LogP contribution in [0.4, 0.5) is 5.69 Å². The Hall–Kier alpha value is -1.33. The molecule has 0 aromatic heterocycles. The minimum absolute atomic E-state index is 0.631. The molecular weight excluding hydrogens is 236 g/mol. The van der Waals surface area contributed by atoms with E-state index in [1.54, 1.807) is 14.2 Å². The molecule has 0 saturated carbocycles. The molecule has 0 heterocycles. The summed E-state index contributed by atoms with van der Waals surface area (Å²) in [4.78, 5) is 1.90. The Morgan fingerprint density at radius 1 is 1.41 bits per heavy atom. The second-order valence-corrected chi connectivity index (χ2v) is 3.87. The lowest BCUT2D eigenvalue weighted by Gasteiger charge is -2.21. The van der Waals surface area contributed by atoms with Crippen LogP contribution in [0.25, 0.3) is 0 Å². The quantitative estimate of drug-likeness (QED) is 0.638. The maximum atomic E-state index is 5.27. The summed E-state index contributed by atoms with van der Waals surface area (Å²) in [7, 11) is 5.22. The summed E-state index contributed by atoms with van der Waals surface area (Å²) in [5, 5.41) is 3.77. The van der Waals surface area contributed by atoms with Gasteiger partial charge in [0.1, 0.15) is 5.75 Å². The largest absolute Gasteiger partial charge is 0.497 e. The summed E-state index contributed by atoms with van der Waals surface area (Å²) in [6.07, 6.45) is 0. The lowest BCUT2D eigenvalue weighted by Crippen LogP contribution is -2.38. The Labute approximate surface area is 108 Å². The van der Waals surface area contributed by atoms with Crippen molar-refractivity contribution in [3.8, 4) is 5.75 Å². The smallest absolute Gasteiger partial charge is 0.173 e. The maximum absolute atomic E-state index is 5.27. The molecule has 0 radical (unpaired) electrons. The number of benzene rings is 1. The number of ether oxygens (including phenoxy) is 2. The van der Waals surface area contributed by atoms with Gasteiger partial charge in [-0.1, -0.05) is 6.07 Å². The van der Waals surface area contributed by atoms with Crippen LogP contribution in [-0.2, 0) is 4.74 Å². The van der Waals surface area contributed by atoms with E-state index >= 15 is 0 Å². The van der Waals surface area contributed by atoms with Gasteiger partial charge in [-0.3, -0.25) is 0 Å². The maximum Gasteiger partial charge on any atom is 0.173 e. The van der Waals surface area contributed by atoms with E-state index in [1.807, 2.05) is 36.2 Å². The summed E-state index contributed by atoms with van der Waals surface area (Å²) in [6, 6.07) is 7.75. The van der Waals surface area contributed by atoms with Crippen molar-refractivity contribution >= 4 is 23.0 Å². The molecule has 94 valence electrons. The van der Waals surface area contributed by atoms with Crippen LogP contribution < -0.4 is 15.0 Å². The van der Waals surface area contributed by atoms with Crippen LogP contribution in [0.1, 0.15) is 0 Å². The van der Waals surface area contributed by atoms with E-state index in [4.69, 9.17) is 21.7 Å². The molecule has 0 aliphatic carbocycles. The average molecular weight is 254 g/mol. The number of thiocarbonyl (C=S) groups is 1. The van der Waals surface area contributed by atoms with Gasteiger partial charge in [-0.15, -0.1) is 0 Å². The molecule has 0 spiro atoms. The summed E-state index contributed by atoms with van der Waals surface area (Å²) in [6.45, 7) is 1.33. The first-order chi connectivity index (χ1) is 8.19. The van der Waals surface area contributed by atoms with E-state index < -0.39 is 0 Å². The second-order valence-electron chi connectivity index (χ2n) is 3.49. The van der Waals surface area contributed by atoms with Gasteiger partial charge in [-0.2, -0.15) is 0 Å². The molecule has 1 rings (SSSR count). The zero-order valence-corrected chi connectivity index (χ0v) is 11.2. The van der Waals surface area contributed by atoms with Crippen molar-refractivity contribution < 1.29 is 9.47 Å². The molecule has 0 saturated heterocycles. The Morgan fingerprint density at radius 3 is 2.82 bits per heavy atom.